The van der Waals surface area contributed by atoms with Gasteiger partial charge in [0.05, 0.1) is 16.5 Å². The van der Waals surface area contributed by atoms with E-state index in [1.165, 1.54) is 17.7 Å². The summed E-state index contributed by atoms with van der Waals surface area (Å²) in [6, 6.07) is 3.01. The molecule has 0 bridgehead atoms. The lowest BCUT2D eigenvalue weighted by molar-refractivity contribution is -0.387. The number of carbonyl (C=O) groups excluding carboxylic acids is 2. The van der Waals surface area contributed by atoms with Gasteiger partial charge in [-0.05, 0) is 18.6 Å². The fourth-order valence-corrected chi connectivity index (χ4v) is 3.76. The summed E-state index contributed by atoms with van der Waals surface area (Å²) in [6.07, 6.45) is 1.18. The number of nitro groups is 1. The first kappa shape index (κ1) is 23.6. The van der Waals surface area contributed by atoms with Gasteiger partial charge in [-0.1, -0.05) is 13.3 Å². The van der Waals surface area contributed by atoms with Crippen molar-refractivity contribution in [3.63, 3.8) is 0 Å². The minimum Gasteiger partial charge on any atom is -0.383 e. The van der Waals surface area contributed by atoms with E-state index in [-0.39, 0.29) is 36.7 Å². The van der Waals surface area contributed by atoms with E-state index in [0.717, 1.165) is 28.4 Å². The predicted octanol–water partition coefficient (Wildman–Crippen LogP) is 0.982. The smallest absolute Gasteiger partial charge is 0.330 e. The molecule has 33 heavy (non-hydrogen) atoms. The minimum absolute atomic E-state index is 0.0801. The number of H-pyrrole nitrogens is 1. The van der Waals surface area contributed by atoms with Crippen LogP contribution in [-0.2, 0) is 16.1 Å². The molecule has 176 valence electrons. The van der Waals surface area contributed by atoms with E-state index in [1.807, 2.05) is 6.92 Å². The molecule has 2 aromatic rings. The number of nitrogens with zero attached hydrogens (tertiary/aromatic N) is 4. The Morgan fingerprint density at radius 2 is 2.06 bits per heavy atom. The summed E-state index contributed by atoms with van der Waals surface area (Å²) in [7, 11) is 1.31. The standard InChI is InChI=1S/C20H23FN6O6/c1-3-4-7-25-17(22)16(18(29)23-20(25)31)24(2)19(30)11-8-15(28)26(10-11)12-5-6-13(21)14(9-12)27(32)33/h5-6,9,11H,3-4,7-8,10,22H2,1-2H3,(H,23,29,31). The molecule has 1 aliphatic rings. The average Bonchev–Trinajstić information content (AvgIpc) is 3.14. The second kappa shape index (κ2) is 9.22. The number of benzene rings is 1. The zero-order valence-electron chi connectivity index (χ0n) is 18.0. The van der Waals surface area contributed by atoms with Gasteiger partial charge in [0, 0.05) is 32.6 Å². The highest BCUT2D eigenvalue weighted by molar-refractivity contribution is 6.05. The van der Waals surface area contributed by atoms with Crippen LogP contribution < -0.4 is 26.8 Å². The van der Waals surface area contributed by atoms with Crippen molar-refractivity contribution in [3.8, 4) is 0 Å². The largest absolute Gasteiger partial charge is 0.383 e. The third-order valence-electron chi connectivity index (χ3n) is 5.53. The molecule has 1 aliphatic heterocycles. The summed E-state index contributed by atoms with van der Waals surface area (Å²) in [4.78, 5) is 64.5. The maximum Gasteiger partial charge on any atom is 0.330 e. The number of aromatic nitrogens is 2. The zero-order valence-corrected chi connectivity index (χ0v) is 18.0. The molecule has 1 atom stereocenters. The van der Waals surface area contributed by atoms with Crippen LogP contribution in [0, 0.1) is 21.8 Å². The number of unbranched alkanes of at least 4 members (excludes halogenated alkanes) is 1. The molecule has 0 radical (unpaired) electrons. The van der Waals surface area contributed by atoms with E-state index >= 15 is 0 Å². The second-order valence-corrected chi connectivity index (χ2v) is 7.69. The first-order chi connectivity index (χ1) is 15.6. The molecule has 0 aliphatic carbocycles. The van der Waals surface area contributed by atoms with Crippen LogP contribution in [0.1, 0.15) is 26.2 Å². The Morgan fingerprint density at radius 3 is 2.70 bits per heavy atom. The minimum atomic E-state index is -1.05. The summed E-state index contributed by atoms with van der Waals surface area (Å²) < 4.78 is 14.8. The maximum atomic E-state index is 13.6. The predicted molar refractivity (Wildman–Crippen MR) is 118 cm³/mol. The van der Waals surface area contributed by atoms with Gasteiger partial charge in [0.25, 0.3) is 5.56 Å². The van der Waals surface area contributed by atoms with Gasteiger partial charge in [-0.25, -0.2) is 4.79 Å². The number of nitrogen functional groups attached to an aromatic ring is 1. The van der Waals surface area contributed by atoms with Gasteiger partial charge in [0.1, 0.15) is 5.82 Å². The molecule has 3 N–H and O–H groups in total. The van der Waals surface area contributed by atoms with Crippen LogP contribution in [-0.4, -0.2) is 39.9 Å². The molecule has 12 nitrogen and oxygen atoms in total. The van der Waals surface area contributed by atoms with Crippen LogP contribution in [0.5, 0.6) is 0 Å². The lowest BCUT2D eigenvalue weighted by Crippen LogP contribution is -2.42. The third kappa shape index (κ3) is 4.47. The molecule has 0 spiro atoms. The summed E-state index contributed by atoms with van der Waals surface area (Å²) in [6.45, 7) is 2.05. The van der Waals surface area contributed by atoms with Crippen molar-refractivity contribution in [1.82, 2.24) is 9.55 Å². The molecule has 1 saturated heterocycles. The van der Waals surface area contributed by atoms with Gasteiger partial charge in [0.2, 0.25) is 17.6 Å². The number of halogens is 1. The number of nitrogens with two attached hydrogens (primary N) is 1. The van der Waals surface area contributed by atoms with Crippen LogP contribution in [0.2, 0.25) is 0 Å². The number of hydrogen-bond donors (Lipinski definition) is 2. The van der Waals surface area contributed by atoms with Crippen molar-refractivity contribution in [2.45, 2.75) is 32.7 Å². The Bertz CT molecular complexity index is 1240. The second-order valence-electron chi connectivity index (χ2n) is 7.69. The van der Waals surface area contributed by atoms with E-state index in [0.29, 0.717) is 6.42 Å². The first-order valence-electron chi connectivity index (χ1n) is 10.2. The third-order valence-corrected chi connectivity index (χ3v) is 5.53. The van der Waals surface area contributed by atoms with Gasteiger partial charge >= 0.3 is 11.4 Å². The zero-order chi connectivity index (χ0) is 24.4. The lowest BCUT2D eigenvalue weighted by Gasteiger charge is -2.23. The Balaban J connectivity index is 1.88. The molecule has 2 heterocycles. The first-order valence-corrected chi connectivity index (χ1v) is 10.2. The van der Waals surface area contributed by atoms with E-state index in [1.54, 1.807) is 0 Å². The van der Waals surface area contributed by atoms with Gasteiger partial charge < -0.3 is 15.5 Å². The quantitative estimate of drug-likeness (QED) is 0.457. The maximum absolute atomic E-state index is 13.6. The summed E-state index contributed by atoms with van der Waals surface area (Å²) >= 11 is 0. The number of hydrogen-bond acceptors (Lipinski definition) is 7. The molecule has 1 unspecified atom stereocenters. The lowest BCUT2D eigenvalue weighted by atomic mass is 10.1. The van der Waals surface area contributed by atoms with Crippen molar-refractivity contribution in [2.75, 3.05) is 29.1 Å². The molecule has 13 heteroatoms. The molecule has 2 amide bonds. The van der Waals surface area contributed by atoms with Crippen LogP contribution in [0.25, 0.3) is 0 Å². The van der Waals surface area contributed by atoms with Crippen LogP contribution in [0.3, 0.4) is 0 Å². The van der Waals surface area contributed by atoms with Gasteiger partial charge in [-0.3, -0.25) is 34.0 Å². The van der Waals surface area contributed by atoms with E-state index in [2.05, 4.69) is 4.98 Å². The Morgan fingerprint density at radius 1 is 1.36 bits per heavy atom. The number of aromatic amines is 1. The van der Waals surface area contributed by atoms with Gasteiger partial charge in [0.15, 0.2) is 5.69 Å². The number of anilines is 3. The fourth-order valence-electron chi connectivity index (χ4n) is 3.76. The molecule has 3 rings (SSSR count). The van der Waals surface area contributed by atoms with E-state index in [4.69, 9.17) is 5.73 Å². The Kier molecular flexibility index (Phi) is 6.60. The SMILES string of the molecule is CCCCn1c(N)c(N(C)C(=O)C2CC(=O)N(c3ccc(F)c([N+](=O)[O-])c3)C2)c(=O)[nH]c1=O. The fraction of sp³-hybridized carbons (Fsp3) is 0.400. The highest BCUT2D eigenvalue weighted by Gasteiger charge is 2.38. The van der Waals surface area contributed by atoms with Crippen LogP contribution in [0.4, 0.5) is 27.3 Å². The monoisotopic (exact) mass is 462 g/mol. The summed E-state index contributed by atoms with van der Waals surface area (Å²) in [5.74, 6) is -3.18. The Labute approximate surface area is 186 Å². The Hall–Kier alpha value is -4.03. The van der Waals surface area contributed by atoms with E-state index < -0.39 is 45.4 Å². The molecular weight excluding hydrogens is 439 g/mol. The van der Waals surface area contributed by atoms with Crippen LogP contribution >= 0.6 is 0 Å². The summed E-state index contributed by atoms with van der Waals surface area (Å²) in [5, 5.41) is 11.0. The molecule has 1 aromatic heterocycles. The summed E-state index contributed by atoms with van der Waals surface area (Å²) in [5.41, 5.74) is 3.60. The van der Waals surface area contributed by atoms with E-state index in [9.17, 15) is 33.7 Å². The van der Waals surface area contributed by atoms with Gasteiger partial charge in [-0.15, -0.1) is 0 Å². The topological polar surface area (TPSA) is 165 Å². The van der Waals surface area contributed by atoms with Crippen molar-refractivity contribution in [1.29, 1.82) is 0 Å². The number of amides is 2. The molecule has 1 aromatic carbocycles. The van der Waals surface area contributed by atoms with Crippen molar-refractivity contribution < 1.29 is 18.9 Å². The average molecular weight is 462 g/mol. The highest BCUT2D eigenvalue weighted by atomic mass is 19.1. The number of carbonyl (C=O) groups is 2. The molecule has 0 saturated carbocycles. The van der Waals surface area contributed by atoms with Crippen LogP contribution in [0.15, 0.2) is 27.8 Å². The van der Waals surface area contributed by atoms with Crippen molar-refractivity contribution >= 4 is 34.7 Å². The number of nitro benzene ring substituents is 1. The highest BCUT2D eigenvalue weighted by Crippen LogP contribution is 2.31. The molecular formula is C20H23FN6O6. The number of nitrogens with one attached hydrogen (secondary N) is 1. The molecule has 1 fully saturated rings. The van der Waals surface area contributed by atoms with Gasteiger partial charge in [-0.2, -0.15) is 4.39 Å². The normalized spacial score (nSPS) is 15.7. The van der Waals surface area contributed by atoms with Crippen molar-refractivity contribution in [3.05, 3.63) is 55.0 Å². The number of rotatable bonds is 7. The van der Waals surface area contributed by atoms with Crippen molar-refractivity contribution in [2.24, 2.45) is 5.92 Å².